The molecule has 4 heteroatoms. The molecule has 2 aliphatic rings. The quantitative estimate of drug-likeness (QED) is 0.404. The summed E-state index contributed by atoms with van der Waals surface area (Å²) in [5.41, 5.74) is -0.455. The van der Waals surface area contributed by atoms with Crippen molar-refractivity contribution in [1.82, 2.24) is 0 Å². The molecule has 0 unspecified atom stereocenters. The maximum atomic E-state index is 12.4. The van der Waals surface area contributed by atoms with Crippen molar-refractivity contribution in [2.45, 2.75) is 71.8 Å². The van der Waals surface area contributed by atoms with Crippen LogP contribution >= 0.6 is 0 Å². The van der Waals surface area contributed by atoms with Crippen LogP contribution in [0.1, 0.15) is 65.7 Å². The van der Waals surface area contributed by atoms with Crippen LogP contribution in [0.15, 0.2) is 12.7 Å². The second kappa shape index (κ2) is 7.71. The molecule has 0 spiro atoms. The fourth-order valence-corrected chi connectivity index (χ4v) is 4.57. The van der Waals surface area contributed by atoms with Crippen LogP contribution in [-0.4, -0.2) is 23.1 Å². The standard InChI is InChI=1S/C20H32O4/c1-5-6-7-8-15-13-9-10-14(11-13)18(15)24-17(21)12-16(19(22)23)20(2,3)4/h5,13-16,18H,1,6-12H2,2-4H3,(H,22,23)/t13-,14+,15-,16-,18-/m1/s1. The van der Waals surface area contributed by atoms with E-state index in [-0.39, 0.29) is 18.5 Å². The van der Waals surface area contributed by atoms with Crippen LogP contribution in [-0.2, 0) is 14.3 Å². The van der Waals surface area contributed by atoms with E-state index >= 15 is 0 Å². The van der Waals surface area contributed by atoms with Crippen molar-refractivity contribution < 1.29 is 19.4 Å². The van der Waals surface area contributed by atoms with E-state index in [1.807, 2.05) is 26.8 Å². The highest BCUT2D eigenvalue weighted by Gasteiger charge is 2.49. The van der Waals surface area contributed by atoms with Gasteiger partial charge in [0.2, 0.25) is 0 Å². The zero-order chi connectivity index (χ0) is 17.9. The molecular formula is C20H32O4. The molecule has 0 aliphatic heterocycles. The van der Waals surface area contributed by atoms with Gasteiger partial charge in [-0.3, -0.25) is 9.59 Å². The Hall–Kier alpha value is -1.32. The topological polar surface area (TPSA) is 63.6 Å². The molecule has 1 N–H and O–H groups in total. The predicted molar refractivity (Wildman–Crippen MR) is 93.4 cm³/mol. The first-order chi connectivity index (χ1) is 11.2. The molecule has 2 fully saturated rings. The van der Waals surface area contributed by atoms with Gasteiger partial charge < -0.3 is 9.84 Å². The third-order valence-corrected chi connectivity index (χ3v) is 5.93. The first kappa shape index (κ1) is 19.0. The fourth-order valence-electron chi connectivity index (χ4n) is 4.57. The molecule has 0 aromatic heterocycles. The average molecular weight is 336 g/mol. The molecule has 0 aromatic carbocycles. The SMILES string of the molecule is C=CCCC[C@@H]1[C@@H]2CC[C@@H](C2)[C@H]1OC(=O)C[C@H](C(=O)O)C(C)(C)C. The summed E-state index contributed by atoms with van der Waals surface area (Å²) >= 11 is 0. The average Bonchev–Trinajstić information content (AvgIpc) is 3.06. The Morgan fingerprint density at radius 1 is 1.29 bits per heavy atom. The van der Waals surface area contributed by atoms with Crippen molar-refractivity contribution in [3.63, 3.8) is 0 Å². The maximum Gasteiger partial charge on any atom is 0.307 e. The van der Waals surface area contributed by atoms with Gasteiger partial charge in [0.15, 0.2) is 0 Å². The van der Waals surface area contributed by atoms with Crippen molar-refractivity contribution in [2.75, 3.05) is 0 Å². The molecule has 2 rings (SSSR count). The first-order valence-electron chi connectivity index (χ1n) is 9.27. The van der Waals surface area contributed by atoms with Gasteiger partial charge in [0, 0.05) is 0 Å². The monoisotopic (exact) mass is 336 g/mol. The van der Waals surface area contributed by atoms with Crippen LogP contribution in [0.4, 0.5) is 0 Å². The van der Waals surface area contributed by atoms with Gasteiger partial charge in [-0.1, -0.05) is 26.8 Å². The molecule has 2 bridgehead atoms. The van der Waals surface area contributed by atoms with E-state index < -0.39 is 17.3 Å². The number of carbonyl (C=O) groups is 2. The Balaban J connectivity index is 1.96. The number of hydrogen-bond acceptors (Lipinski definition) is 3. The highest BCUT2D eigenvalue weighted by molar-refractivity contribution is 5.79. The molecule has 2 saturated carbocycles. The highest BCUT2D eigenvalue weighted by Crippen LogP contribution is 2.51. The Kier molecular flexibility index (Phi) is 6.11. The molecule has 4 nitrogen and oxygen atoms in total. The molecule has 2 aliphatic carbocycles. The summed E-state index contributed by atoms with van der Waals surface area (Å²) in [7, 11) is 0. The van der Waals surface area contributed by atoms with Crippen LogP contribution < -0.4 is 0 Å². The van der Waals surface area contributed by atoms with Crippen molar-refractivity contribution in [3.05, 3.63) is 12.7 Å². The zero-order valence-electron chi connectivity index (χ0n) is 15.3. The molecule has 0 aromatic rings. The summed E-state index contributed by atoms with van der Waals surface area (Å²) in [5, 5.41) is 9.40. The third kappa shape index (κ3) is 4.40. The van der Waals surface area contributed by atoms with Crippen LogP contribution in [0.5, 0.6) is 0 Å². The highest BCUT2D eigenvalue weighted by atomic mass is 16.5. The van der Waals surface area contributed by atoms with Crippen molar-refractivity contribution in [3.8, 4) is 0 Å². The minimum Gasteiger partial charge on any atom is -0.481 e. The number of aliphatic carboxylic acids is 1. The van der Waals surface area contributed by atoms with Crippen LogP contribution in [0.25, 0.3) is 0 Å². The fraction of sp³-hybridized carbons (Fsp3) is 0.800. The number of carboxylic acids is 1. The van der Waals surface area contributed by atoms with E-state index in [4.69, 9.17) is 4.74 Å². The van der Waals surface area contributed by atoms with E-state index in [1.54, 1.807) is 0 Å². The van der Waals surface area contributed by atoms with E-state index in [2.05, 4.69) is 6.58 Å². The van der Waals surface area contributed by atoms with Crippen LogP contribution in [0, 0.1) is 29.1 Å². The summed E-state index contributed by atoms with van der Waals surface area (Å²) in [6.45, 7) is 9.34. The lowest BCUT2D eigenvalue weighted by molar-refractivity contribution is -0.162. The van der Waals surface area contributed by atoms with Gasteiger partial charge in [0.1, 0.15) is 6.10 Å². The second-order valence-corrected chi connectivity index (χ2v) is 8.63. The normalized spacial score (nSPS) is 30.1. The van der Waals surface area contributed by atoms with Gasteiger partial charge in [0.25, 0.3) is 0 Å². The first-order valence-corrected chi connectivity index (χ1v) is 9.27. The number of carbonyl (C=O) groups excluding carboxylic acids is 1. The summed E-state index contributed by atoms with van der Waals surface area (Å²) in [4.78, 5) is 23.9. The van der Waals surface area contributed by atoms with Gasteiger partial charge in [-0.15, -0.1) is 6.58 Å². The summed E-state index contributed by atoms with van der Waals surface area (Å²) in [6, 6.07) is 0. The van der Waals surface area contributed by atoms with Crippen LogP contribution in [0.2, 0.25) is 0 Å². The minimum absolute atomic E-state index is 0.00419. The van der Waals surface area contributed by atoms with E-state index in [0.29, 0.717) is 17.8 Å². The third-order valence-electron chi connectivity index (χ3n) is 5.93. The largest absolute Gasteiger partial charge is 0.481 e. The lowest BCUT2D eigenvalue weighted by Gasteiger charge is -2.32. The Bertz CT molecular complexity index is 477. The van der Waals surface area contributed by atoms with Crippen molar-refractivity contribution in [2.24, 2.45) is 29.1 Å². The molecular weight excluding hydrogens is 304 g/mol. The van der Waals surface area contributed by atoms with Crippen LogP contribution in [0.3, 0.4) is 0 Å². The summed E-state index contributed by atoms with van der Waals surface area (Å²) < 4.78 is 5.84. The van der Waals surface area contributed by atoms with Crippen molar-refractivity contribution in [1.29, 1.82) is 0 Å². The van der Waals surface area contributed by atoms with Gasteiger partial charge in [-0.05, 0) is 61.7 Å². The summed E-state index contributed by atoms with van der Waals surface area (Å²) in [5.74, 6) is -0.368. The molecule has 5 atom stereocenters. The molecule has 0 heterocycles. The minimum atomic E-state index is -0.921. The number of rotatable bonds is 8. The molecule has 0 amide bonds. The maximum absolute atomic E-state index is 12.4. The van der Waals surface area contributed by atoms with E-state index in [1.165, 1.54) is 12.8 Å². The number of unbranched alkanes of at least 4 members (excludes halogenated alkanes) is 1. The molecule has 0 radical (unpaired) electrons. The predicted octanol–water partition coefficient (Wildman–Crippen LogP) is 4.44. The summed E-state index contributed by atoms with van der Waals surface area (Å²) in [6.07, 6.45) is 8.62. The lowest BCUT2D eigenvalue weighted by atomic mass is 9.78. The number of hydrogen-bond donors (Lipinski definition) is 1. The Labute approximate surface area is 145 Å². The Morgan fingerprint density at radius 2 is 1.96 bits per heavy atom. The van der Waals surface area contributed by atoms with E-state index in [0.717, 1.165) is 25.7 Å². The van der Waals surface area contributed by atoms with Gasteiger partial charge >= 0.3 is 11.9 Å². The van der Waals surface area contributed by atoms with Gasteiger partial charge in [0.05, 0.1) is 12.3 Å². The van der Waals surface area contributed by atoms with E-state index in [9.17, 15) is 14.7 Å². The second-order valence-electron chi connectivity index (χ2n) is 8.63. The smallest absolute Gasteiger partial charge is 0.307 e. The zero-order valence-corrected chi connectivity index (χ0v) is 15.3. The van der Waals surface area contributed by atoms with Crippen molar-refractivity contribution >= 4 is 11.9 Å². The number of carboxylic acid groups (broad SMARTS) is 1. The molecule has 0 saturated heterocycles. The number of esters is 1. The molecule has 136 valence electrons. The number of ether oxygens (including phenoxy) is 1. The van der Waals surface area contributed by atoms with Gasteiger partial charge in [-0.25, -0.2) is 0 Å². The number of fused-ring (bicyclic) bond motifs is 2. The molecule has 24 heavy (non-hydrogen) atoms. The Morgan fingerprint density at radius 3 is 2.54 bits per heavy atom. The number of allylic oxidation sites excluding steroid dienone is 1. The van der Waals surface area contributed by atoms with Gasteiger partial charge in [-0.2, -0.15) is 0 Å². The lowest BCUT2D eigenvalue weighted by Crippen LogP contribution is -2.36.